The molecule has 0 radical (unpaired) electrons. The number of anilines is 2. The first-order valence-electron chi connectivity index (χ1n) is 6.11. The number of nitrogens with zero attached hydrogens (tertiary/aromatic N) is 2. The Bertz CT molecular complexity index is 584. The molecule has 0 aliphatic heterocycles. The molecule has 0 spiro atoms. The van der Waals surface area contributed by atoms with E-state index in [1.807, 2.05) is 27.0 Å². The van der Waals surface area contributed by atoms with Crippen molar-refractivity contribution in [3.05, 3.63) is 47.0 Å². The molecule has 2 rings (SSSR count). The highest BCUT2D eigenvalue weighted by molar-refractivity contribution is 5.57. The Balaban J connectivity index is 2.17. The fourth-order valence-electron chi connectivity index (χ4n) is 1.88. The van der Waals surface area contributed by atoms with Gasteiger partial charge in [0.1, 0.15) is 23.3 Å². The molecule has 4 nitrogen and oxygen atoms in total. The molecule has 0 saturated heterocycles. The van der Waals surface area contributed by atoms with E-state index in [2.05, 4.69) is 20.6 Å². The van der Waals surface area contributed by atoms with Gasteiger partial charge in [-0.1, -0.05) is 12.1 Å². The van der Waals surface area contributed by atoms with E-state index in [1.165, 1.54) is 12.1 Å². The van der Waals surface area contributed by atoms with E-state index in [9.17, 15) is 4.39 Å². The predicted octanol–water partition coefficient (Wildman–Crippen LogP) is 2.89. The molecule has 0 aliphatic rings. The maximum atomic E-state index is 13.1. The lowest BCUT2D eigenvalue weighted by molar-refractivity contribution is 0.626. The van der Waals surface area contributed by atoms with Gasteiger partial charge in [0.05, 0.1) is 0 Å². The topological polar surface area (TPSA) is 49.8 Å². The molecule has 0 unspecified atom stereocenters. The van der Waals surface area contributed by atoms with Crippen molar-refractivity contribution in [2.75, 3.05) is 17.7 Å². The quantitative estimate of drug-likeness (QED) is 0.887. The predicted molar refractivity (Wildman–Crippen MR) is 74.8 cm³/mol. The van der Waals surface area contributed by atoms with E-state index in [0.717, 1.165) is 22.8 Å². The summed E-state index contributed by atoms with van der Waals surface area (Å²) in [6.07, 6.45) is 0. The number of nitrogens with one attached hydrogen (secondary N) is 2. The Morgan fingerprint density at radius 2 is 1.89 bits per heavy atom. The second-order valence-electron chi connectivity index (χ2n) is 4.33. The van der Waals surface area contributed by atoms with Crippen molar-refractivity contribution in [1.29, 1.82) is 0 Å². The van der Waals surface area contributed by atoms with Gasteiger partial charge in [0.2, 0.25) is 0 Å². The minimum absolute atomic E-state index is 0.231. The molecule has 1 aromatic heterocycles. The van der Waals surface area contributed by atoms with Gasteiger partial charge in [-0.3, -0.25) is 0 Å². The van der Waals surface area contributed by atoms with Crippen LogP contribution in [-0.2, 0) is 6.54 Å². The van der Waals surface area contributed by atoms with Crippen LogP contribution >= 0.6 is 0 Å². The highest BCUT2D eigenvalue weighted by Gasteiger charge is 2.07. The van der Waals surface area contributed by atoms with Crippen molar-refractivity contribution in [3.8, 4) is 0 Å². The Labute approximate surface area is 112 Å². The molecule has 100 valence electrons. The number of aromatic nitrogens is 2. The van der Waals surface area contributed by atoms with Gasteiger partial charge in [-0.05, 0) is 31.5 Å². The Morgan fingerprint density at radius 1 is 1.16 bits per heavy atom. The minimum Gasteiger partial charge on any atom is -0.373 e. The molecular weight excluding hydrogens is 243 g/mol. The van der Waals surface area contributed by atoms with Crippen molar-refractivity contribution >= 4 is 11.6 Å². The van der Waals surface area contributed by atoms with E-state index in [-0.39, 0.29) is 5.82 Å². The molecule has 1 heterocycles. The number of rotatable bonds is 4. The molecule has 2 N–H and O–H groups in total. The fraction of sp³-hybridized carbons (Fsp3) is 0.286. The van der Waals surface area contributed by atoms with Crippen molar-refractivity contribution in [2.24, 2.45) is 0 Å². The fourth-order valence-corrected chi connectivity index (χ4v) is 1.88. The van der Waals surface area contributed by atoms with E-state index >= 15 is 0 Å². The van der Waals surface area contributed by atoms with Gasteiger partial charge >= 0.3 is 0 Å². The largest absolute Gasteiger partial charge is 0.373 e. The van der Waals surface area contributed by atoms with Gasteiger partial charge < -0.3 is 10.6 Å². The van der Waals surface area contributed by atoms with Gasteiger partial charge in [0, 0.05) is 19.2 Å². The van der Waals surface area contributed by atoms with E-state index in [4.69, 9.17) is 0 Å². The smallest absolute Gasteiger partial charge is 0.135 e. The number of hydrogen-bond acceptors (Lipinski definition) is 4. The summed E-state index contributed by atoms with van der Waals surface area (Å²) in [6.45, 7) is 4.31. The van der Waals surface area contributed by atoms with Crippen LogP contribution in [0.2, 0.25) is 0 Å². The van der Waals surface area contributed by atoms with Gasteiger partial charge in [0.15, 0.2) is 0 Å². The summed E-state index contributed by atoms with van der Waals surface area (Å²) in [7, 11) is 1.82. The summed E-state index contributed by atoms with van der Waals surface area (Å²) < 4.78 is 13.1. The van der Waals surface area contributed by atoms with Crippen LogP contribution in [-0.4, -0.2) is 17.0 Å². The summed E-state index contributed by atoms with van der Waals surface area (Å²) in [5.74, 6) is 2.03. The summed E-state index contributed by atoms with van der Waals surface area (Å²) in [5, 5.41) is 6.25. The van der Waals surface area contributed by atoms with E-state index in [1.54, 1.807) is 6.07 Å². The molecule has 1 aromatic carbocycles. The maximum absolute atomic E-state index is 13.1. The van der Waals surface area contributed by atoms with E-state index < -0.39 is 0 Å². The minimum atomic E-state index is -0.231. The molecule has 2 aromatic rings. The standard InChI is InChI=1S/C14H17FN4/c1-9-13(16-3)18-10(2)19-14(9)17-8-11-5-4-6-12(15)7-11/h4-7H,8H2,1-3H3,(H2,16,17,18,19). The number of aryl methyl sites for hydroxylation is 1. The molecule has 0 atom stereocenters. The Hall–Kier alpha value is -2.17. The monoisotopic (exact) mass is 260 g/mol. The second kappa shape index (κ2) is 5.65. The first-order valence-corrected chi connectivity index (χ1v) is 6.11. The Morgan fingerprint density at radius 3 is 2.58 bits per heavy atom. The highest BCUT2D eigenvalue weighted by atomic mass is 19.1. The summed E-state index contributed by atoms with van der Waals surface area (Å²) in [5.41, 5.74) is 1.83. The van der Waals surface area contributed by atoms with Gasteiger partial charge in [-0.25, -0.2) is 14.4 Å². The van der Waals surface area contributed by atoms with Crippen LogP contribution < -0.4 is 10.6 Å². The third kappa shape index (κ3) is 3.19. The second-order valence-corrected chi connectivity index (χ2v) is 4.33. The third-order valence-electron chi connectivity index (χ3n) is 2.84. The van der Waals surface area contributed by atoms with Gasteiger partial charge in [-0.15, -0.1) is 0 Å². The maximum Gasteiger partial charge on any atom is 0.135 e. The van der Waals surface area contributed by atoms with Crippen LogP contribution in [0.3, 0.4) is 0 Å². The first kappa shape index (κ1) is 13.3. The zero-order valence-corrected chi connectivity index (χ0v) is 11.3. The van der Waals surface area contributed by atoms with Crippen molar-refractivity contribution < 1.29 is 4.39 Å². The van der Waals surface area contributed by atoms with Crippen molar-refractivity contribution in [1.82, 2.24) is 9.97 Å². The summed E-state index contributed by atoms with van der Waals surface area (Å²) in [6, 6.07) is 6.51. The zero-order chi connectivity index (χ0) is 13.8. The zero-order valence-electron chi connectivity index (χ0n) is 11.3. The molecule has 0 amide bonds. The molecule has 0 aliphatic carbocycles. The molecule has 0 fully saturated rings. The molecule has 19 heavy (non-hydrogen) atoms. The van der Waals surface area contributed by atoms with Gasteiger partial charge in [-0.2, -0.15) is 0 Å². The van der Waals surface area contributed by atoms with Crippen LogP contribution in [0.15, 0.2) is 24.3 Å². The van der Waals surface area contributed by atoms with E-state index in [0.29, 0.717) is 12.4 Å². The summed E-state index contributed by atoms with van der Waals surface area (Å²) >= 11 is 0. The average molecular weight is 260 g/mol. The SMILES string of the molecule is CNc1nc(C)nc(NCc2cccc(F)c2)c1C. The molecule has 5 heteroatoms. The summed E-state index contributed by atoms with van der Waals surface area (Å²) in [4.78, 5) is 8.66. The van der Waals surface area contributed by atoms with Crippen LogP contribution in [0.4, 0.5) is 16.0 Å². The van der Waals surface area contributed by atoms with Crippen molar-refractivity contribution in [3.63, 3.8) is 0 Å². The number of halogens is 1. The number of benzene rings is 1. The molecular formula is C14H17FN4. The number of hydrogen-bond donors (Lipinski definition) is 2. The normalized spacial score (nSPS) is 10.3. The van der Waals surface area contributed by atoms with Crippen molar-refractivity contribution in [2.45, 2.75) is 20.4 Å². The van der Waals surface area contributed by atoms with Crippen LogP contribution in [0.1, 0.15) is 17.0 Å². The van der Waals surface area contributed by atoms with Gasteiger partial charge in [0.25, 0.3) is 0 Å². The lowest BCUT2D eigenvalue weighted by Gasteiger charge is -2.12. The van der Waals surface area contributed by atoms with Crippen LogP contribution in [0, 0.1) is 19.7 Å². The van der Waals surface area contributed by atoms with Crippen LogP contribution in [0.5, 0.6) is 0 Å². The third-order valence-corrected chi connectivity index (χ3v) is 2.84. The average Bonchev–Trinajstić information content (AvgIpc) is 2.39. The molecule has 0 saturated carbocycles. The first-order chi connectivity index (χ1) is 9.10. The Kier molecular flexibility index (Phi) is 3.94. The van der Waals surface area contributed by atoms with Crippen LogP contribution in [0.25, 0.3) is 0 Å². The highest BCUT2D eigenvalue weighted by Crippen LogP contribution is 2.20. The molecule has 0 bridgehead atoms. The lowest BCUT2D eigenvalue weighted by atomic mass is 10.2. The lowest BCUT2D eigenvalue weighted by Crippen LogP contribution is -2.08.